The summed E-state index contributed by atoms with van der Waals surface area (Å²) in [5.41, 5.74) is 2.30. The third kappa shape index (κ3) is 7.89. The number of carbonyl (C=O) groups is 4. The monoisotopic (exact) mass is 538 g/mol. The molecule has 0 aliphatic carbocycles. The van der Waals surface area contributed by atoms with Gasteiger partial charge in [0.1, 0.15) is 11.4 Å². The number of amides is 1. The first kappa shape index (κ1) is 31.8. The molecule has 2 aromatic carbocycles. The summed E-state index contributed by atoms with van der Waals surface area (Å²) in [6, 6.07) is 17.2. The van der Waals surface area contributed by atoms with Gasteiger partial charge in [0, 0.05) is 36.0 Å². The topological polar surface area (TPSA) is 130 Å². The predicted octanol–water partition coefficient (Wildman–Crippen LogP) is 4.53. The highest BCUT2D eigenvalue weighted by Crippen LogP contribution is 2.20. The number of carboxylic acids is 1. The fraction of sp³-hybridized carbons (Fsp3) is 0.214. The van der Waals surface area contributed by atoms with Crippen molar-refractivity contribution >= 4 is 57.7 Å². The number of pyridine rings is 2. The molecule has 0 atom stereocenters. The maximum atomic E-state index is 11.9. The number of ketones is 2. The second-order valence-corrected chi connectivity index (χ2v) is 8.26. The molecule has 2 heterocycles. The summed E-state index contributed by atoms with van der Waals surface area (Å²) in [6.07, 6.45) is 0. The number of hydrogen-bond acceptors (Lipinski definition) is 7. The van der Waals surface area contributed by atoms with E-state index in [-0.39, 0.29) is 35.6 Å². The Kier molecular flexibility index (Phi) is 12.1. The van der Waals surface area contributed by atoms with Gasteiger partial charge in [-0.1, -0.05) is 36.4 Å². The van der Waals surface area contributed by atoms with Gasteiger partial charge in [0.15, 0.2) is 11.6 Å². The second-order valence-electron chi connectivity index (χ2n) is 8.26. The lowest BCUT2D eigenvalue weighted by Crippen LogP contribution is -2.23. The zero-order valence-corrected chi connectivity index (χ0v) is 22.9. The van der Waals surface area contributed by atoms with Crippen LogP contribution in [-0.4, -0.2) is 71.6 Å². The first-order chi connectivity index (χ1) is 17.5. The maximum absolute atomic E-state index is 11.9. The van der Waals surface area contributed by atoms with E-state index >= 15 is 0 Å². The Balaban J connectivity index is 0.000000338. The van der Waals surface area contributed by atoms with E-state index in [1.54, 1.807) is 50.5 Å². The van der Waals surface area contributed by atoms with E-state index in [0.29, 0.717) is 33.2 Å². The summed E-state index contributed by atoms with van der Waals surface area (Å²) < 4.78 is 0. The van der Waals surface area contributed by atoms with Crippen molar-refractivity contribution in [3.05, 3.63) is 83.2 Å². The molecule has 0 aliphatic rings. The first-order valence-electron chi connectivity index (χ1n) is 11.4. The average molecular weight is 539 g/mol. The molecule has 2 aromatic heterocycles. The van der Waals surface area contributed by atoms with Gasteiger partial charge in [-0.2, -0.15) is 0 Å². The van der Waals surface area contributed by atoms with Gasteiger partial charge < -0.3 is 15.3 Å². The number of halogens is 1. The second kappa shape index (κ2) is 14.5. The normalized spacial score (nSPS) is 9.74. The van der Waals surface area contributed by atoms with Crippen molar-refractivity contribution in [3.63, 3.8) is 0 Å². The van der Waals surface area contributed by atoms with Crippen molar-refractivity contribution in [3.8, 4) is 0 Å². The van der Waals surface area contributed by atoms with Crippen molar-refractivity contribution in [2.75, 3.05) is 28.2 Å². The Labute approximate surface area is 227 Å². The Bertz CT molecular complexity index is 1470. The Morgan fingerprint density at radius 3 is 1.47 bits per heavy atom. The van der Waals surface area contributed by atoms with E-state index in [9.17, 15) is 19.2 Å². The highest BCUT2D eigenvalue weighted by molar-refractivity contribution is 6.09. The molecule has 10 heteroatoms. The van der Waals surface area contributed by atoms with Gasteiger partial charge in [0.25, 0.3) is 5.91 Å². The van der Waals surface area contributed by atoms with Gasteiger partial charge in [0.2, 0.25) is 0 Å². The summed E-state index contributed by atoms with van der Waals surface area (Å²) in [6.45, 7) is 2.90. The van der Waals surface area contributed by atoms with Crippen LogP contribution in [0.2, 0.25) is 0 Å². The minimum Gasteiger partial charge on any atom is -0.477 e. The van der Waals surface area contributed by atoms with Crippen LogP contribution >= 0.6 is 12.4 Å². The molecule has 0 bridgehead atoms. The first-order valence-corrected chi connectivity index (χ1v) is 11.4. The number of benzene rings is 2. The van der Waals surface area contributed by atoms with E-state index < -0.39 is 5.97 Å². The van der Waals surface area contributed by atoms with Gasteiger partial charge >= 0.3 is 5.97 Å². The van der Waals surface area contributed by atoms with Gasteiger partial charge in [-0.25, -0.2) is 14.8 Å². The molecule has 0 saturated heterocycles. The van der Waals surface area contributed by atoms with Crippen LogP contribution in [0.4, 0.5) is 0 Å². The molecule has 0 radical (unpaired) electrons. The predicted molar refractivity (Wildman–Crippen MR) is 151 cm³/mol. The van der Waals surface area contributed by atoms with Crippen molar-refractivity contribution in [1.82, 2.24) is 20.2 Å². The van der Waals surface area contributed by atoms with Crippen LogP contribution in [0.1, 0.15) is 55.5 Å². The van der Waals surface area contributed by atoms with Crippen LogP contribution in [0.25, 0.3) is 21.8 Å². The molecule has 4 aromatic rings. The number of Topliss-reactive ketones (excluding diaryl/α,β-unsaturated/α-hetero) is 2. The number of aromatic nitrogens is 2. The highest BCUT2D eigenvalue weighted by atomic mass is 35.5. The Hall–Kier alpha value is -4.21. The van der Waals surface area contributed by atoms with Crippen molar-refractivity contribution in [2.45, 2.75) is 13.8 Å². The molecular weight excluding hydrogens is 508 g/mol. The van der Waals surface area contributed by atoms with Crippen molar-refractivity contribution < 1.29 is 24.3 Å². The quantitative estimate of drug-likeness (QED) is 0.362. The summed E-state index contributed by atoms with van der Waals surface area (Å²) in [7, 11) is 7.07. The Morgan fingerprint density at radius 1 is 0.737 bits per heavy atom. The van der Waals surface area contributed by atoms with Crippen LogP contribution < -0.4 is 5.32 Å². The summed E-state index contributed by atoms with van der Waals surface area (Å²) in [5, 5.41) is 13.1. The van der Waals surface area contributed by atoms with Gasteiger partial charge in [-0.05, 0) is 52.2 Å². The van der Waals surface area contributed by atoms with Crippen LogP contribution in [0.5, 0.6) is 0 Å². The zero-order chi connectivity index (χ0) is 27.7. The number of hydrogen-bond donors (Lipinski definition) is 2. The molecule has 0 fully saturated rings. The molecule has 9 nitrogen and oxygen atoms in total. The minimum absolute atomic E-state index is 0. The Morgan fingerprint density at radius 2 is 1.11 bits per heavy atom. The lowest BCUT2D eigenvalue weighted by Gasteiger charge is -2.11. The lowest BCUT2D eigenvalue weighted by atomic mass is 10.0. The van der Waals surface area contributed by atoms with Gasteiger partial charge in [0.05, 0.1) is 11.0 Å². The fourth-order valence-corrected chi connectivity index (χ4v) is 3.38. The number of para-hydroxylation sites is 2. The molecule has 2 N–H and O–H groups in total. The summed E-state index contributed by atoms with van der Waals surface area (Å²) >= 11 is 0. The summed E-state index contributed by atoms with van der Waals surface area (Å²) in [5.74, 6) is -1.57. The van der Waals surface area contributed by atoms with Crippen LogP contribution in [-0.2, 0) is 0 Å². The smallest absolute Gasteiger partial charge is 0.354 e. The SMILES string of the molecule is CC(=O)c1cc(C(=O)N(C)C)nc2ccccc12.CC(=O)c1cc(C(=O)O)nc2ccccc12.CNC.Cl. The number of carboxylic acid groups (broad SMARTS) is 1. The molecule has 0 saturated carbocycles. The van der Waals surface area contributed by atoms with Crippen LogP contribution in [0.3, 0.4) is 0 Å². The highest BCUT2D eigenvalue weighted by Gasteiger charge is 2.15. The molecule has 4 rings (SSSR count). The number of nitrogens with one attached hydrogen (secondary N) is 1. The van der Waals surface area contributed by atoms with Gasteiger partial charge in [-0.15, -0.1) is 12.4 Å². The molecule has 200 valence electrons. The van der Waals surface area contributed by atoms with Crippen LogP contribution in [0, 0.1) is 0 Å². The third-order valence-corrected chi connectivity index (χ3v) is 5.04. The van der Waals surface area contributed by atoms with E-state index in [4.69, 9.17) is 5.11 Å². The maximum Gasteiger partial charge on any atom is 0.354 e. The number of aromatic carboxylic acids is 1. The molecule has 0 unspecified atom stereocenters. The zero-order valence-electron chi connectivity index (χ0n) is 22.1. The molecule has 0 aliphatic heterocycles. The standard InChI is InChI=1S/C14H14N2O2.C12H9NO3.C2H7N.ClH/c1-9(17)11-8-13(14(18)16(2)3)15-12-7-5-4-6-10(11)12;1-7(14)9-6-11(12(15)16)13-10-5-3-2-4-8(9)10;1-3-2;/h4-8H,1-3H3;2-6H,1H3,(H,15,16);3H,1-2H3;1H. The van der Waals surface area contributed by atoms with E-state index in [2.05, 4.69) is 15.3 Å². The van der Waals surface area contributed by atoms with Crippen LogP contribution in [0.15, 0.2) is 60.7 Å². The third-order valence-electron chi connectivity index (χ3n) is 5.04. The van der Waals surface area contributed by atoms with Gasteiger partial charge in [-0.3, -0.25) is 14.4 Å². The molecule has 38 heavy (non-hydrogen) atoms. The number of carbonyl (C=O) groups excluding carboxylic acids is 3. The summed E-state index contributed by atoms with van der Waals surface area (Å²) in [4.78, 5) is 55.5. The molecule has 0 spiro atoms. The minimum atomic E-state index is -1.13. The lowest BCUT2D eigenvalue weighted by molar-refractivity contribution is 0.0690. The van der Waals surface area contributed by atoms with Crippen molar-refractivity contribution in [1.29, 1.82) is 0 Å². The number of fused-ring (bicyclic) bond motifs is 2. The largest absolute Gasteiger partial charge is 0.477 e. The average Bonchev–Trinajstić information content (AvgIpc) is 2.87. The number of nitrogens with zero attached hydrogens (tertiary/aromatic N) is 3. The molecular formula is C28H31ClN4O5. The number of rotatable bonds is 4. The van der Waals surface area contributed by atoms with Crippen molar-refractivity contribution in [2.24, 2.45) is 0 Å². The van der Waals surface area contributed by atoms with E-state index in [0.717, 1.165) is 5.39 Å². The fourth-order valence-electron chi connectivity index (χ4n) is 3.38. The molecule has 1 amide bonds. The van der Waals surface area contributed by atoms with E-state index in [1.165, 1.54) is 24.8 Å². The van der Waals surface area contributed by atoms with E-state index in [1.807, 2.05) is 32.3 Å².